The summed E-state index contributed by atoms with van der Waals surface area (Å²) >= 11 is 0. The number of para-hydroxylation sites is 1. The highest BCUT2D eigenvalue weighted by molar-refractivity contribution is 5.47. The fourth-order valence-electron chi connectivity index (χ4n) is 2.29. The molecule has 0 aliphatic heterocycles. The van der Waals surface area contributed by atoms with Crippen LogP contribution in [0.15, 0.2) is 24.3 Å². The van der Waals surface area contributed by atoms with Gasteiger partial charge in [-0.2, -0.15) is 0 Å². The van der Waals surface area contributed by atoms with Crippen LogP contribution in [-0.4, -0.2) is 25.7 Å². The minimum atomic E-state index is -0.142. The molecule has 0 bridgehead atoms. The van der Waals surface area contributed by atoms with Crippen LogP contribution in [0.4, 0.5) is 10.1 Å². The van der Waals surface area contributed by atoms with Crippen LogP contribution in [0.2, 0.25) is 0 Å². The number of benzene rings is 1. The molecule has 0 aromatic heterocycles. The average Bonchev–Trinajstić information content (AvgIpc) is 2.37. The molecule has 0 aliphatic rings. The largest absolute Gasteiger partial charge is 0.369 e. The molecule has 19 heavy (non-hydrogen) atoms. The highest BCUT2D eigenvalue weighted by Gasteiger charge is 2.28. The number of hydrogen-bond donors (Lipinski definition) is 1. The van der Waals surface area contributed by atoms with E-state index in [1.165, 1.54) is 6.07 Å². The molecule has 1 aromatic carbocycles. The Balaban J connectivity index is 2.85. The summed E-state index contributed by atoms with van der Waals surface area (Å²) in [5, 5.41) is 3.46. The fraction of sp³-hybridized carbons (Fsp3) is 0.625. The number of nitrogens with one attached hydrogen (secondary N) is 1. The van der Waals surface area contributed by atoms with E-state index in [-0.39, 0.29) is 11.2 Å². The van der Waals surface area contributed by atoms with Crippen LogP contribution in [0.25, 0.3) is 0 Å². The molecule has 0 aliphatic carbocycles. The molecule has 1 rings (SSSR count). The highest BCUT2D eigenvalue weighted by atomic mass is 19.1. The third kappa shape index (κ3) is 4.20. The van der Waals surface area contributed by atoms with Gasteiger partial charge in [0.25, 0.3) is 0 Å². The summed E-state index contributed by atoms with van der Waals surface area (Å²) in [7, 11) is 0. The Hall–Kier alpha value is -1.09. The average molecular weight is 266 g/mol. The Morgan fingerprint density at radius 1 is 1.26 bits per heavy atom. The van der Waals surface area contributed by atoms with Crippen molar-refractivity contribution in [1.82, 2.24) is 5.32 Å². The van der Waals surface area contributed by atoms with Crippen LogP contribution in [0.5, 0.6) is 0 Å². The number of halogens is 1. The van der Waals surface area contributed by atoms with Crippen molar-refractivity contribution in [2.45, 2.75) is 40.7 Å². The van der Waals surface area contributed by atoms with Gasteiger partial charge in [-0.15, -0.1) is 0 Å². The standard InChI is InChI=1S/C16H27FN2/c1-6-18-13(3)16(4,5)12-19(7-2)15-11-9-8-10-14(15)17/h8-11,13,18H,6-7,12H2,1-5H3. The Kier molecular flexibility index (Phi) is 5.80. The van der Waals surface area contributed by atoms with Crippen molar-refractivity contribution in [3.05, 3.63) is 30.1 Å². The van der Waals surface area contributed by atoms with E-state index in [0.29, 0.717) is 11.7 Å². The van der Waals surface area contributed by atoms with Crippen LogP contribution < -0.4 is 10.2 Å². The predicted octanol–water partition coefficient (Wildman–Crippen LogP) is 3.68. The van der Waals surface area contributed by atoms with Gasteiger partial charge in [-0.25, -0.2) is 4.39 Å². The summed E-state index contributed by atoms with van der Waals surface area (Å²) in [4.78, 5) is 2.11. The van der Waals surface area contributed by atoms with E-state index in [9.17, 15) is 4.39 Å². The third-order valence-electron chi connectivity index (χ3n) is 3.86. The summed E-state index contributed by atoms with van der Waals surface area (Å²) in [6.07, 6.45) is 0. The highest BCUT2D eigenvalue weighted by Crippen LogP contribution is 2.27. The van der Waals surface area contributed by atoms with Crippen molar-refractivity contribution >= 4 is 5.69 Å². The Bertz CT molecular complexity index is 390. The second kappa shape index (κ2) is 6.90. The van der Waals surface area contributed by atoms with Crippen LogP contribution in [0.3, 0.4) is 0 Å². The zero-order chi connectivity index (χ0) is 14.5. The summed E-state index contributed by atoms with van der Waals surface area (Å²) < 4.78 is 13.9. The van der Waals surface area contributed by atoms with Gasteiger partial charge in [-0.05, 0) is 37.9 Å². The predicted molar refractivity (Wildman–Crippen MR) is 81.2 cm³/mol. The lowest BCUT2D eigenvalue weighted by Gasteiger charge is -2.38. The minimum absolute atomic E-state index is 0.0777. The Labute approximate surface area is 117 Å². The summed E-state index contributed by atoms with van der Waals surface area (Å²) in [6, 6.07) is 7.39. The zero-order valence-corrected chi connectivity index (χ0v) is 12.8. The molecule has 3 heteroatoms. The van der Waals surface area contributed by atoms with Crippen molar-refractivity contribution in [3.63, 3.8) is 0 Å². The Morgan fingerprint density at radius 3 is 2.42 bits per heavy atom. The SMILES string of the molecule is CCNC(C)C(C)(C)CN(CC)c1ccccc1F. The monoisotopic (exact) mass is 266 g/mol. The zero-order valence-electron chi connectivity index (χ0n) is 12.8. The maximum atomic E-state index is 13.9. The molecule has 1 N–H and O–H groups in total. The van der Waals surface area contributed by atoms with E-state index in [0.717, 1.165) is 19.6 Å². The lowest BCUT2D eigenvalue weighted by Crippen LogP contribution is -2.47. The smallest absolute Gasteiger partial charge is 0.146 e. The van der Waals surface area contributed by atoms with E-state index in [1.807, 2.05) is 12.1 Å². The van der Waals surface area contributed by atoms with Crippen LogP contribution in [0.1, 0.15) is 34.6 Å². The normalized spacial score (nSPS) is 13.4. The van der Waals surface area contributed by atoms with E-state index in [4.69, 9.17) is 0 Å². The van der Waals surface area contributed by atoms with Gasteiger partial charge in [-0.3, -0.25) is 0 Å². The second-order valence-corrected chi connectivity index (χ2v) is 5.73. The third-order valence-corrected chi connectivity index (χ3v) is 3.86. The summed E-state index contributed by atoms with van der Waals surface area (Å²) in [5.41, 5.74) is 0.774. The molecule has 2 nitrogen and oxygen atoms in total. The van der Waals surface area contributed by atoms with Gasteiger partial charge in [0, 0.05) is 19.1 Å². The van der Waals surface area contributed by atoms with Gasteiger partial charge in [0.2, 0.25) is 0 Å². The number of anilines is 1. The van der Waals surface area contributed by atoms with Crippen LogP contribution >= 0.6 is 0 Å². The molecule has 0 heterocycles. The fourth-order valence-corrected chi connectivity index (χ4v) is 2.29. The number of rotatable bonds is 7. The number of hydrogen-bond acceptors (Lipinski definition) is 2. The molecule has 0 saturated carbocycles. The van der Waals surface area contributed by atoms with Gasteiger partial charge in [0.05, 0.1) is 5.69 Å². The lowest BCUT2D eigenvalue weighted by atomic mass is 9.84. The molecule has 1 aromatic rings. The second-order valence-electron chi connectivity index (χ2n) is 5.73. The van der Waals surface area contributed by atoms with Gasteiger partial charge in [0.15, 0.2) is 0 Å². The van der Waals surface area contributed by atoms with Crippen LogP contribution in [-0.2, 0) is 0 Å². The topological polar surface area (TPSA) is 15.3 Å². The first-order chi connectivity index (χ1) is 8.92. The summed E-state index contributed by atoms with van der Waals surface area (Å²) in [6.45, 7) is 13.4. The first-order valence-corrected chi connectivity index (χ1v) is 7.15. The molecule has 0 fully saturated rings. The molecule has 108 valence electrons. The molecule has 0 amide bonds. The molecule has 1 atom stereocenters. The van der Waals surface area contributed by atoms with Crippen molar-refractivity contribution in [1.29, 1.82) is 0 Å². The minimum Gasteiger partial charge on any atom is -0.369 e. The van der Waals surface area contributed by atoms with E-state index in [1.54, 1.807) is 6.07 Å². The van der Waals surface area contributed by atoms with E-state index >= 15 is 0 Å². The maximum Gasteiger partial charge on any atom is 0.146 e. The summed E-state index contributed by atoms with van der Waals surface area (Å²) in [5.74, 6) is -0.142. The van der Waals surface area contributed by atoms with E-state index < -0.39 is 0 Å². The molecule has 0 spiro atoms. The van der Waals surface area contributed by atoms with Crippen molar-refractivity contribution in [2.24, 2.45) is 5.41 Å². The van der Waals surface area contributed by atoms with Gasteiger partial charge < -0.3 is 10.2 Å². The van der Waals surface area contributed by atoms with Crippen molar-refractivity contribution in [3.8, 4) is 0 Å². The lowest BCUT2D eigenvalue weighted by molar-refractivity contribution is 0.263. The molecular formula is C16H27FN2. The maximum absolute atomic E-state index is 13.9. The van der Waals surface area contributed by atoms with Gasteiger partial charge >= 0.3 is 0 Å². The Morgan fingerprint density at radius 2 is 1.89 bits per heavy atom. The molecule has 0 saturated heterocycles. The first-order valence-electron chi connectivity index (χ1n) is 7.15. The molecule has 1 unspecified atom stereocenters. The van der Waals surface area contributed by atoms with E-state index in [2.05, 4.69) is 44.8 Å². The van der Waals surface area contributed by atoms with Crippen molar-refractivity contribution in [2.75, 3.05) is 24.5 Å². The molecule has 0 radical (unpaired) electrons. The van der Waals surface area contributed by atoms with Crippen molar-refractivity contribution < 1.29 is 4.39 Å². The number of nitrogens with zero attached hydrogens (tertiary/aromatic N) is 1. The quantitative estimate of drug-likeness (QED) is 0.810. The van der Waals surface area contributed by atoms with Gasteiger partial charge in [-0.1, -0.05) is 32.9 Å². The first kappa shape index (κ1) is 16.0. The molecular weight excluding hydrogens is 239 g/mol. The van der Waals surface area contributed by atoms with Gasteiger partial charge in [0.1, 0.15) is 5.82 Å². The van der Waals surface area contributed by atoms with Crippen LogP contribution in [0, 0.1) is 11.2 Å².